The van der Waals surface area contributed by atoms with Gasteiger partial charge in [-0.25, -0.2) is 9.18 Å². The highest BCUT2D eigenvalue weighted by atomic mass is 19.1. The van der Waals surface area contributed by atoms with Gasteiger partial charge in [0, 0.05) is 0 Å². The third kappa shape index (κ3) is 3.59. The molecule has 1 fully saturated rings. The number of ether oxygens (including phenoxy) is 1. The van der Waals surface area contributed by atoms with Gasteiger partial charge in [-0.05, 0) is 54.9 Å². The van der Waals surface area contributed by atoms with Gasteiger partial charge in [0.15, 0.2) is 0 Å². The minimum absolute atomic E-state index is 0.0173. The van der Waals surface area contributed by atoms with Crippen LogP contribution >= 0.6 is 0 Å². The number of halogens is 1. The predicted octanol–water partition coefficient (Wildman–Crippen LogP) is 4.44. The number of carbonyl (C=O) groups excluding carboxylic acids is 1. The second-order valence-corrected chi connectivity index (χ2v) is 6.28. The van der Waals surface area contributed by atoms with E-state index in [1.54, 1.807) is 0 Å². The Morgan fingerprint density at radius 2 is 1.90 bits per heavy atom. The third-order valence-corrected chi connectivity index (χ3v) is 4.30. The van der Waals surface area contributed by atoms with Gasteiger partial charge >= 0.3 is 5.97 Å². The lowest BCUT2D eigenvalue weighted by Crippen LogP contribution is -2.35. The molecule has 2 rings (SSSR count). The fourth-order valence-corrected chi connectivity index (χ4v) is 3.04. The fourth-order valence-electron chi connectivity index (χ4n) is 3.04. The summed E-state index contributed by atoms with van der Waals surface area (Å²) in [4.78, 5) is 12.2. The zero-order valence-corrected chi connectivity index (χ0v) is 12.4. The predicted molar refractivity (Wildman–Crippen MR) is 76.9 cm³/mol. The van der Waals surface area contributed by atoms with Crippen molar-refractivity contribution in [2.24, 2.45) is 17.8 Å². The zero-order chi connectivity index (χ0) is 14.7. The Hall–Kier alpha value is -1.38. The van der Waals surface area contributed by atoms with Gasteiger partial charge in [0.2, 0.25) is 0 Å². The van der Waals surface area contributed by atoms with E-state index < -0.39 is 0 Å². The summed E-state index contributed by atoms with van der Waals surface area (Å²) in [7, 11) is 0. The van der Waals surface area contributed by atoms with Crippen LogP contribution in [-0.4, -0.2) is 12.1 Å². The summed E-state index contributed by atoms with van der Waals surface area (Å²) in [6, 6.07) is 5.54. The van der Waals surface area contributed by atoms with E-state index in [1.165, 1.54) is 30.7 Å². The maximum Gasteiger partial charge on any atom is 0.338 e. The maximum absolute atomic E-state index is 12.9. The summed E-state index contributed by atoms with van der Waals surface area (Å²) in [5.74, 6) is 0.850. The molecule has 20 heavy (non-hydrogen) atoms. The highest BCUT2D eigenvalue weighted by molar-refractivity contribution is 5.89. The molecule has 0 spiro atoms. The second-order valence-electron chi connectivity index (χ2n) is 6.28. The fraction of sp³-hybridized carbons (Fsp3) is 0.588. The maximum atomic E-state index is 12.9. The summed E-state index contributed by atoms with van der Waals surface area (Å²) in [6.45, 7) is 6.56. The quantitative estimate of drug-likeness (QED) is 0.764. The van der Waals surface area contributed by atoms with E-state index >= 15 is 0 Å². The van der Waals surface area contributed by atoms with E-state index in [1.807, 2.05) is 0 Å². The minimum Gasteiger partial charge on any atom is -0.458 e. The Morgan fingerprint density at radius 3 is 2.50 bits per heavy atom. The Bertz CT molecular complexity index is 453. The SMILES string of the molecule is CC(C)[C@@H]1CC[C@@H](C)C[C@@H]1OC(=O)c1ccc(F)cc1. The van der Waals surface area contributed by atoms with Crippen molar-refractivity contribution < 1.29 is 13.9 Å². The minimum atomic E-state index is -0.340. The number of benzene rings is 1. The molecule has 0 aromatic heterocycles. The molecule has 110 valence electrons. The molecule has 3 atom stereocenters. The lowest BCUT2D eigenvalue weighted by Gasteiger charge is -2.36. The first-order chi connectivity index (χ1) is 9.47. The Labute approximate surface area is 120 Å². The van der Waals surface area contributed by atoms with Crippen molar-refractivity contribution in [1.82, 2.24) is 0 Å². The van der Waals surface area contributed by atoms with Crippen LogP contribution in [0.15, 0.2) is 24.3 Å². The Balaban J connectivity index is 2.05. The van der Waals surface area contributed by atoms with Gasteiger partial charge in [0.05, 0.1) is 5.56 Å². The van der Waals surface area contributed by atoms with E-state index in [0.29, 0.717) is 23.3 Å². The van der Waals surface area contributed by atoms with E-state index in [4.69, 9.17) is 4.74 Å². The Kier molecular flexibility index (Phi) is 4.79. The molecular formula is C17H23FO2. The van der Waals surface area contributed by atoms with Gasteiger partial charge < -0.3 is 4.74 Å². The molecule has 2 nitrogen and oxygen atoms in total. The molecule has 1 aromatic carbocycles. The molecule has 0 bridgehead atoms. The number of hydrogen-bond acceptors (Lipinski definition) is 2. The van der Waals surface area contributed by atoms with Crippen LogP contribution in [0.5, 0.6) is 0 Å². The van der Waals surface area contributed by atoms with Gasteiger partial charge in [-0.1, -0.05) is 27.2 Å². The first-order valence-electron chi connectivity index (χ1n) is 7.44. The van der Waals surface area contributed by atoms with Crippen LogP contribution in [0.3, 0.4) is 0 Å². The smallest absolute Gasteiger partial charge is 0.338 e. The van der Waals surface area contributed by atoms with Gasteiger partial charge in [-0.15, -0.1) is 0 Å². The van der Waals surface area contributed by atoms with Crippen molar-refractivity contribution in [3.8, 4) is 0 Å². The zero-order valence-electron chi connectivity index (χ0n) is 12.4. The van der Waals surface area contributed by atoms with Crippen LogP contribution in [0.1, 0.15) is 50.4 Å². The van der Waals surface area contributed by atoms with Crippen LogP contribution in [0.4, 0.5) is 4.39 Å². The summed E-state index contributed by atoms with van der Waals surface area (Å²) < 4.78 is 18.6. The number of esters is 1. The molecule has 1 aliphatic carbocycles. The summed E-state index contributed by atoms with van der Waals surface area (Å²) in [5, 5.41) is 0. The van der Waals surface area contributed by atoms with Crippen molar-refractivity contribution in [2.75, 3.05) is 0 Å². The van der Waals surface area contributed by atoms with Gasteiger partial charge in [-0.2, -0.15) is 0 Å². The van der Waals surface area contributed by atoms with Crippen molar-refractivity contribution in [3.05, 3.63) is 35.6 Å². The van der Waals surface area contributed by atoms with Crippen LogP contribution in [-0.2, 0) is 4.74 Å². The standard InChI is InChI=1S/C17H23FO2/c1-11(2)15-9-4-12(3)10-16(15)20-17(19)13-5-7-14(18)8-6-13/h5-8,11-12,15-16H,4,9-10H2,1-3H3/t12-,15+,16+/m1/s1. The molecule has 1 aliphatic rings. The van der Waals surface area contributed by atoms with Crippen molar-refractivity contribution in [1.29, 1.82) is 0 Å². The summed E-state index contributed by atoms with van der Waals surface area (Å²) >= 11 is 0. The normalized spacial score (nSPS) is 26.6. The number of hydrogen-bond donors (Lipinski definition) is 0. The molecule has 3 heteroatoms. The molecule has 0 unspecified atom stereocenters. The van der Waals surface area contributed by atoms with Gasteiger partial charge in [0.25, 0.3) is 0 Å². The molecule has 0 amide bonds. The van der Waals surface area contributed by atoms with Crippen molar-refractivity contribution in [3.63, 3.8) is 0 Å². The van der Waals surface area contributed by atoms with Crippen molar-refractivity contribution >= 4 is 5.97 Å². The van der Waals surface area contributed by atoms with Crippen LogP contribution in [0.25, 0.3) is 0 Å². The molecular weight excluding hydrogens is 255 g/mol. The summed E-state index contributed by atoms with van der Waals surface area (Å²) in [6.07, 6.45) is 3.22. The lowest BCUT2D eigenvalue weighted by atomic mass is 9.75. The van der Waals surface area contributed by atoms with Gasteiger partial charge in [0.1, 0.15) is 11.9 Å². The highest BCUT2D eigenvalue weighted by Crippen LogP contribution is 2.35. The highest BCUT2D eigenvalue weighted by Gasteiger charge is 2.33. The molecule has 0 radical (unpaired) electrons. The molecule has 1 saturated carbocycles. The molecule has 0 saturated heterocycles. The first kappa shape index (κ1) is 15.0. The monoisotopic (exact) mass is 278 g/mol. The first-order valence-corrected chi connectivity index (χ1v) is 7.44. The van der Waals surface area contributed by atoms with E-state index in [0.717, 1.165) is 12.8 Å². The van der Waals surface area contributed by atoms with Crippen LogP contribution in [0, 0.1) is 23.6 Å². The molecule has 0 N–H and O–H groups in total. The number of rotatable bonds is 3. The van der Waals surface area contributed by atoms with Crippen LogP contribution in [0.2, 0.25) is 0 Å². The van der Waals surface area contributed by atoms with Crippen LogP contribution < -0.4 is 0 Å². The average molecular weight is 278 g/mol. The number of carbonyl (C=O) groups is 1. The largest absolute Gasteiger partial charge is 0.458 e. The van der Waals surface area contributed by atoms with Gasteiger partial charge in [-0.3, -0.25) is 0 Å². The topological polar surface area (TPSA) is 26.3 Å². The van der Waals surface area contributed by atoms with E-state index in [-0.39, 0.29) is 17.9 Å². The lowest BCUT2D eigenvalue weighted by molar-refractivity contribution is -0.0174. The van der Waals surface area contributed by atoms with E-state index in [2.05, 4.69) is 20.8 Å². The molecule has 0 aliphatic heterocycles. The van der Waals surface area contributed by atoms with Crippen molar-refractivity contribution in [2.45, 2.75) is 46.1 Å². The molecule has 0 heterocycles. The molecule has 1 aromatic rings. The summed E-state index contributed by atoms with van der Waals surface area (Å²) in [5.41, 5.74) is 0.423. The average Bonchev–Trinajstić information content (AvgIpc) is 2.39. The Morgan fingerprint density at radius 1 is 1.25 bits per heavy atom. The second kappa shape index (κ2) is 6.38. The van der Waals surface area contributed by atoms with E-state index in [9.17, 15) is 9.18 Å². The third-order valence-electron chi connectivity index (χ3n) is 4.30.